The van der Waals surface area contributed by atoms with Gasteiger partial charge in [0.05, 0.1) is 5.56 Å². The number of piperazine rings is 1. The van der Waals surface area contributed by atoms with E-state index in [9.17, 15) is 4.79 Å². The maximum Gasteiger partial charge on any atom is 0.255 e. The average Bonchev–Trinajstić information content (AvgIpc) is 2.29. The first-order chi connectivity index (χ1) is 7.68. The van der Waals surface area contributed by atoms with Crippen LogP contribution in [0.1, 0.15) is 17.3 Å². The van der Waals surface area contributed by atoms with Crippen LogP contribution in [0.3, 0.4) is 0 Å². The zero-order valence-electron chi connectivity index (χ0n) is 9.52. The molecule has 1 saturated heterocycles. The summed E-state index contributed by atoms with van der Waals surface area (Å²) < 4.78 is 0.756. The molecule has 2 rings (SSSR count). The van der Waals surface area contributed by atoms with Gasteiger partial charge in [-0.3, -0.25) is 9.78 Å². The van der Waals surface area contributed by atoms with Crippen LogP contribution in [0.4, 0.5) is 0 Å². The summed E-state index contributed by atoms with van der Waals surface area (Å²) in [6, 6.07) is 2.11. The SMILES string of the molecule is C[C@@H]1CN(C(=O)c2ccncc2Br)CCN1.Cl. The molecule has 1 aliphatic heterocycles. The Balaban J connectivity index is 0.00000144. The molecule has 0 bridgehead atoms. The lowest BCUT2D eigenvalue weighted by Crippen LogP contribution is -2.51. The smallest absolute Gasteiger partial charge is 0.255 e. The highest BCUT2D eigenvalue weighted by Crippen LogP contribution is 2.17. The number of halogens is 2. The minimum Gasteiger partial charge on any atom is -0.336 e. The lowest BCUT2D eigenvalue weighted by atomic mass is 10.2. The third-order valence-corrected chi connectivity index (χ3v) is 3.29. The Bertz CT molecular complexity index is 402. The second kappa shape index (κ2) is 6.33. The van der Waals surface area contributed by atoms with Crippen molar-refractivity contribution in [1.29, 1.82) is 0 Å². The van der Waals surface area contributed by atoms with Crippen LogP contribution in [-0.2, 0) is 0 Å². The lowest BCUT2D eigenvalue weighted by molar-refractivity contribution is 0.0708. The van der Waals surface area contributed by atoms with Crippen LogP contribution in [0.15, 0.2) is 22.9 Å². The molecular weight excluding hydrogens is 305 g/mol. The van der Waals surface area contributed by atoms with E-state index in [0.29, 0.717) is 11.6 Å². The summed E-state index contributed by atoms with van der Waals surface area (Å²) >= 11 is 3.35. The first kappa shape index (κ1) is 14.4. The van der Waals surface area contributed by atoms with Gasteiger partial charge in [0, 0.05) is 42.5 Å². The average molecular weight is 321 g/mol. The molecule has 1 N–H and O–H groups in total. The number of nitrogens with one attached hydrogen (secondary N) is 1. The highest BCUT2D eigenvalue weighted by molar-refractivity contribution is 9.10. The second-order valence-corrected chi connectivity index (χ2v) is 4.82. The number of hydrogen-bond acceptors (Lipinski definition) is 3. The third-order valence-electron chi connectivity index (χ3n) is 2.66. The summed E-state index contributed by atoms with van der Waals surface area (Å²) in [6.07, 6.45) is 3.29. The van der Waals surface area contributed by atoms with Crippen molar-refractivity contribution in [2.24, 2.45) is 0 Å². The van der Waals surface area contributed by atoms with Gasteiger partial charge in [-0.25, -0.2) is 0 Å². The second-order valence-electron chi connectivity index (χ2n) is 3.96. The normalized spacial score (nSPS) is 19.6. The van der Waals surface area contributed by atoms with Gasteiger partial charge in [0.2, 0.25) is 0 Å². The van der Waals surface area contributed by atoms with Gasteiger partial charge in [-0.2, -0.15) is 0 Å². The molecule has 2 heterocycles. The van der Waals surface area contributed by atoms with Gasteiger partial charge in [0.25, 0.3) is 5.91 Å². The van der Waals surface area contributed by atoms with E-state index in [0.717, 1.165) is 24.1 Å². The predicted octanol–water partition coefficient (Wildman–Crippen LogP) is 1.70. The Morgan fingerprint density at radius 2 is 2.41 bits per heavy atom. The molecule has 1 fully saturated rings. The summed E-state index contributed by atoms with van der Waals surface area (Å²) in [6.45, 7) is 4.46. The molecule has 6 heteroatoms. The topological polar surface area (TPSA) is 45.2 Å². The molecule has 0 radical (unpaired) electrons. The van der Waals surface area contributed by atoms with Gasteiger partial charge >= 0.3 is 0 Å². The van der Waals surface area contributed by atoms with Gasteiger partial charge in [-0.05, 0) is 28.9 Å². The molecule has 1 atom stereocenters. The van der Waals surface area contributed by atoms with E-state index in [4.69, 9.17) is 0 Å². The van der Waals surface area contributed by atoms with E-state index in [1.165, 1.54) is 0 Å². The molecule has 0 saturated carbocycles. The lowest BCUT2D eigenvalue weighted by Gasteiger charge is -2.32. The van der Waals surface area contributed by atoms with E-state index < -0.39 is 0 Å². The minimum absolute atomic E-state index is 0. The van der Waals surface area contributed by atoms with Gasteiger partial charge in [-0.15, -0.1) is 12.4 Å². The quantitative estimate of drug-likeness (QED) is 0.856. The molecular formula is C11H15BrClN3O. The van der Waals surface area contributed by atoms with Gasteiger partial charge in [-0.1, -0.05) is 0 Å². The van der Waals surface area contributed by atoms with Crippen LogP contribution in [0.5, 0.6) is 0 Å². The fourth-order valence-electron chi connectivity index (χ4n) is 1.84. The van der Waals surface area contributed by atoms with Crippen molar-refractivity contribution in [1.82, 2.24) is 15.2 Å². The van der Waals surface area contributed by atoms with Crippen LogP contribution < -0.4 is 5.32 Å². The molecule has 1 aromatic rings. The molecule has 4 nitrogen and oxygen atoms in total. The summed E-state index contributed by atoms with van der Waals surface area (Å²) in [5.41, 5.74) is 0.684. The molecule has 94 valence electrons. The van der Waals surface area contributed by atoms with Crippen molar-refractivity contribution in [2.45, 2.75) is 13.0 Å². The van der Waals surface area contributed by atoms with Crippen LogP contribution in [0, 0.1) is 0 Å². The molecule has 0 aromatic carbocycles. The molecule has 17 heavy (non-hydrogen) atoms. The number of hydrogen-bond donors (Lipinski definition) is 1. The minimum atomic E-state index is 0. The van der Waals surface area contributed by atoms with Crippen molar-refractivity contribution >= 4 is 34.2 Å². The van der Waals surface area contributed by atoms with Crippen LogP contribution in [0.2, 0.25) is 0 Å². The Kier molecular flexibility index (Phi) is 5.36. The number of carbonyl (C=O) groups is 1. The largest absolute Gasteiger partial charge is 0.336 e. The first-order valence-electron chi connectivity index (χ1n) is 5.30. The monoisotopic (exact) mass is 319 g/mol. The first-order valence-corrected chi connectivity index (χ1v) is 6.10. The number of pyridine rings is 1. The standard InChI is InChI=1S/C11H14BrN3O.ClH/c1-8-7-15(5-4-14-8)11(16)9-2-3-13-6-10(9)12;/h2-3,6,8,14H,4-5,7H2,1H3;1H/t8-;/m1./s1. The van der Waals surface area contributed by atoms with Crippen molar-refractivity contribution < 1.29 is 4.79 Å². The molecule has 0 unspecified atom stereocenters. The summed E-state index contributed by atoms with van der Waals surface area (Å²) in [5.74, 6) is 0.0719. The Morgan fingerprint density at radius 1 is 1.65 bits per heavy atom. The summed E-state index contributed by atoms with van der Waals surface area (Å²) in [4.78, 5) is 18.0. The van der Waals surface area contributed by atoms with E-state index >= 15 is 0 Å². The van der Waals surface area contributed by atoms with Crippen LogP contribution in [0.25, 0.3) is 0 Å². The predicted molar refractivity (Wildman–Crippen MR) is 72.6 cm³/mol. The molecule has 1 aromatic heterocycles. The van der Waals surface area contributed by atoms with Crippen LogP contribution in [-0.4, -0.2) is 41.5 Å². The highest BCUT2D eigenvalue weighted by Gasteiger charge is 2.22. The number of aromatic nitrogens is 1. The van der Waals surface area contributed by atoms with E-state index in [2.05, 4.69) is 33.2 Å². The molecule has 0 aliphatic carbocycles. The summed E-state index contributed by atoms with van der Waals surface area (Å²) in [5, 5.41) is 3.31. The van der Waals surface area contributed by atoms with Crippen molar-refractivity contribution in [2.75, 3.05) is 19.6 Å². The maximum atomic E-state index is 12.2. The maximum absolute atomic E-state index is 12.2. The number of amides is 1. The van der Waals surface area contributed by atoms with Crippen molar-refractivity contribution in [3.63, 3.8) is 0 Å². The third kappa shape index (κ3) is 3.40. The van der Waals surface area contributed by atoms with Gasteiger partial charge in [0.15, 0.2) is 0 Å². The fourth-order valence-corrected chi connectivity index (χ4v) is 2.26. The van der Waals surface area contributed by atoms with Gasteiger partial charge < -0.3 is 10.2 Å². The zero-order valence-corrected chi connectivity index (χ0v) is 11.9. The highest BCUT2D eigenvalue weighted by atomic mass is 79.9. The molecule has 1 aliphatic rings. The zero-order chi connectivity index (χ0) is 11.5. The Hall–Kier alpha value is -0.650. The Labute approximate surface area is 115 Å². The van der Waals surface area contributed by atoms with Crippen molar-refractivity contribution in [3.05, 3.63) is 28.5 Å². The molecule has 1 amide bonds. The number of carbonyl (C=O) groups excluding carboxylic acids is 1. The summed E-state index contributed by atoms with van der Waals surface area (Å²) in [7, 11) is 0. The molecule has 0 spiro atoms. The van der Waals surface area contributed by atoms with Gasteiger partial charge in [0.1, 0.15) is 0 Å². The van der Waals surface area contributed by atoms with E-state index in [1.807, 2.05) is 4.90 Å². The van der Waals surface area contributed by atoms with Crippen LogP contribution >= 0.6 is 28.3 Å². The fraction of sp³-hybridized carbons (Fsp3) is 0.455. The number of nitrogens with zero attached hydrogens (tertiary/aromatic N) is 2. The van der Waals surface area contributed by atoms with E-state index in [-0.39, 0.29) is 18.3 Å². The van der Waals surface area contributed by atoms with E-state index in [1.54, 1.807) is 18.5 Å². The number of rotatable bonds is 1. The van der Waals surface area contributed by atoms with Crippen molar-refractivity contribution in [3.8, 4) is 0 Å². The Morgan fingerprint density at radius 3 is 3.06 bits per heavy atom.